The fourth-order valence-corrected chi connectivity index (χ4v) is 0.387. The molecule has 0 fully saturated rings. The summed E-state index contributed by atoms with van der Waals surface area (Å²) in [5.74, 6) is 0. The number of nitrogens with two attached hydrogens (primary N) is 1. The Morgan fingerprint density at radius 3 is 2.15 bits per heavy atom. The number of ether oxygens (including phenoxy) is 1. The molecule has 0 saturated heterocycles. The standard InChI is InChI=1S/C5H11NO3.C3H9N/c6-5(8)9-4-2-1-3-7;1-4(2)3/h7H,1-4H2,(H2,6,8);1-3H3. The summed E-state index contributed by atoms with van der Waals surface area (Å²) in [5.41, 5.74) is 4.65. The van der Waals surface area contributed by atoms with E-state index in [1.165, 1.54) is 0 Å². The number of carbonyl (C=O) groups excluding carboxylic acids is 1. The van der Waals surface area contributed by atoms with Crippen LogP contribution in [0.25, 0.3) is 0 Å². The summed E-state index contributed by atoms with van der Waals surface area (Å²) in [7, 11) is 6.00. The molecule has 0 unspecified atom stereocenters. The van der Waals surface area contributed by atoms with E-state index in [9.17, 15) is 4.79 Å². The van der Waals surface area contributed by atoms with Gasteiger partial charge in [-0.3, -0.25) is 0 Å². The van der Waals surface area contributed by atoms with Crippen molar-refractivity contribution in [1.29, 1.82) is 0 Å². The molecule has 0 atom stereocenters. The number of amides is 1. The maximum absolute atomic E-state index is 9.90. The Balaban J connectivity index is 0. The third-order valence-corrected chi connectivity index (χ3v) is 0.797. The zero-order valence-electron chi connectivity index (χ0n) is 8.62. The number of hydrogen-bond donors (Lipinski definition) is 2. The predicted molar refractivity (Wildman–Crippen MR) is 51.5 cm³/mol. The molecule has 0 rings (SSSR count). The van der Waals surface area contributed by atoms with Crippen LogP contribution < -0.4 is 5.73 Å². The van der Waals surface area contributed by atoms with Crippen molar-refractivity contribution in [2.45, 2.75) is 12.8 Å². The first-order valence-corrected chi connectivity index (χ1v) is 4.14. The number of primary amides is 1. The second-order valence-electron chi connectivity index (χ2n) is 2.94. The van der Waals surface area contributed by atoms with Gasteiger partial charge in [0.2, 0.25) is 0 Å². The van der Waals surface area contributed by atoms with Crippen LogP contribution in [0.1, 0.15) is 12.8 Å². The molecule has 5 heteroatoms. The fraction of sp³-hybridized carbons (Fsp3) is 0.875. The zero-order chi connectivity index (χ0) is 10.7. The second-order valence-corrected chi connectivity index (χ2v) is 2.94. The summed E-state index contributed by atoms with van der Waals surface area (Å²) in [4.78, 5) is 11.9. The molecule has 1 amide bonds. The molecule has 0 aromatic heterocycles. The lowest BCUT2D eigenvalue weighted by atomic mass is 10.3. The Labute approximate surface area is 79.5 Å². The molecule has 0 bridgehead atoms. The van der Waals surface area contributed by atoms with Gasteiger partial charge in [0.15, 0.2) is 0 Å². The fourth-order valence-electron chi connectivity index (χ4n) is 0.387. The molecule has 0 aliphatic heterocycles. The van der Waals surface area contributed by atoms with Crippen molar-refractivity contribution in [3.8, 4) is 0 Å². The smallest absolute Gasteiger partial charge is 0.404 e. The van der Waals surface area contributed by atoms with Gasteiger partial charge in [0.1, 0.15) is 0 Å². The van der Waals surface area contributed by atoms with Crippen LogP contribution in [0.4, 0.5) is 4.79 Å². The predicted octanol–water partition coefficient (Wildman–Crippen LogP) is 0.0320. The van der Waals surface area contributed by atoms with Crippen molar-refractivity contribution in [3.63, 3.8) is 0 Å². The highest BCUT2D eigenvalue weighted by Crippen LogP contribution is 1.86. The van der Waals surface area contributed by atoms with Crippen molar-refractivity contribution in [3.05, 3.63) is 0 Å². The van der Waals surface area contributed by atoms with Crippen molar-refractivity contribution >= 4 is 6.09 Å². The van der Waals surface area contributed by atoms with Crippen LogP contribution in [-0.4, -0.2) is 50.5 Å². The van der Waals surface area contributed by atoms with Gasteiger partial charge in [-0.1, -0.05) is 0 Å². The number of aliphatic hydroxyl groups is 1. The number of rotatable bonds is 4. The number of nitrogens with zero attached hydrogens (tertiary/aromatic N) is 1. The molecular weight excluding hydrogens is 172 g/mol. The number of hydrogen-bond acceptors (Lipinski definition) is 4. The van der Waals surface area contributed by atoms with Crippen LogP contribution in [0.2, 0.25) is 0 Å². The van der Waals surface area contributed by atoms with Gasteiger partial charge >= 0.3 is 6.09 Å². The van der Waals surface area contributed by atoms with Crippen LogP contribution in [0.15, 0.2) is 0 Å². The quantitative estimate of drug-likeness (QED) is 0.616. The summed E-state index contributed by atoms with van der Waals surface area (Å²) < 4.78 is 4.37. The summed E-state index contributed by atoms with van der Waals surface area (Å²) in [6.45, 7) is 0.429. The third kappa shape index (κ3) is 35.1. The number of aliphatic hydroxyl groups excluding tert-OH is 1. The highest BCUT2D eigenvalue weighted by molar-refractivity contribution is 5.64. The van der Waals surface area contributed by atoms with E-state index < -0.39 is 6.09 Å². The van der Waals surface area contributed by atoms with Gasteiger partial charge in [-0.05, 0) is 34.0 Å². The molecule has 5 nitrogen and oxygen atoms in total. The number of unbranched alkanes of at least 4 members (excludes halogenated alkanes) is 1. The van der Waals surface area contributed by atoms with Crippen molar-refractivity contribution in [2.75, 3.05) is 34.4 Å². The van der Waals surface area contributed by atoms with Gasteiger partial charge in [-0.25, -0.2) is 4.79 Å². The van der Waals surface area contributed by atoms with Crippen LogP contribution in [0.3, 0.4) is 0 Å². The van der Waals surface area contributed by atoms with E-state index in [1.807, 2.05) is 26.0 Å². The average molecular weight is 192 g/mol. The normalized spacial score (nSPS) is 9.00. The summed E-state index contributed by atoms with van der Waals surface area (Å²) >= 11 is 0. The molecule has 0 aromatic carbocycles. The maximum atomic E-state index is 9.90. The Kier molecular flexibility index (Phi) is 12.7. The van der Waals surface area contributed by atoms with E-state index in [-0.39, 0.29) is 6.61 Å². The molecule has 0 aliphatic rings. The SMILES string of the molecule is CN(C)C.NC(=O)OCCCCO. The topological polar surface area (TPSA) is 75.8 Å². The van der Waals surface area contributed by atoms with Crippen LogP contribution in [0, 0.1) is 0 Å². The summed E-state index contributed by atoms with van der Waals surface area (Å²) in [5, 5.41) is 8.26. The van der Waals surface area contributed by atoms with Crippen LogP contribution >= 0.6 is 0 Å². The van der Waals surface area contributed by atoms with Gasteiger partial charge in [0.05, 0.1) is 6.61 Å². The largest absolute Gasteiger partial charge is 0.450 e. The molecule has 3 N–H and O–H groups in total. The molecule has 0 heterocycles. The first-order valence-electron chi connectivity index (χ1n) is 4.14. The van der Waals surface area contributed by atoms with Gasteiger partial charge in [-0.15, -0.1) is 0 Å². The molecule has 0 aliphatic carbocycles. The minimum absolute atomic E-state index is 0.127. The average Bonchev–Trinajstić information content (AvgIpc) is 1.97. The van der Waals surface area contributed by atoms with Gasteiger partial charge < -0.3 is 20.5 Å². The third-order valence-electron chi connectivity index (χ3n) is 0.797. The van der Waals surface area contributed by atoms with E-state index in [2.05, 4.69) is 10.5 Å². The minimum atomic E-state index is -0.757. The monoisotopic (exact) mass is 192 g/mol. The van der Waals surface area contributed by atoms with Crippen LogP contribution in [-0.2, 0) is 4.74 Å². The van der Waals surface area contributed by atoms with E-state index in [1.54, 1.807) is 0 Å². The van der Waals surface area contributed by atoms with Gasteiger partial charge in [0.25, 0.3) is 0 Å². The summed E-state index contributed by atoms with van der Waals surface area (Å²) in [6.07, 6.45) is 0.556. The Bertz CT molecular complexity index is 115. The molecule has 0 aromatic rings. The van der Waals surface area contributed by atoms with Crippen molar-refractivity contribution < 1.29 is 14.6 Å². The number of carbonyl (C=O) groups is 1. The molecule has 13 heavy (non-hydrogen) atoms. The molecule has 0 saturated carbocycles. The van der Waals surface area contributed by atoms with Gasteiger partial charge in [0, 0.05) is 6.61 Å². The van der Waals surface area contributed by atoms with Gasteiger partial charge in [-0.2, -0.15) is 0 Å². The van der Waals surface area contributed by atoms with E-state index >= 15 is 0 Å². The Morgan fingerprint density at radius 1 is 1.38 bits per heavy atom. The lowest BCUT2D eigenvalue weighted by Gasteiger charge is -1.97. The molecule has 0 spiro atoms. The Morgan fingerprint density at radius 2 is 1.85 bits per heavy atom. The van der Waals surface area contributed by atoms with E-state index in [0.717, 1.165) is 0 Å². The summed E-state index contributed by atoms with van der Waals surface area (Å²) in [6, 6.07) is 0. The van der Waals surface area contributed by atoms with E-state index in [4.69, 9.17) is 5.11 Å². The lowest BCUT2D eigenvalue weighted by molar-refractivity contribution is 0.151. The van der Waals surface area contributed by atoms with Crippen molar-refractivity contribution in [1.82, 2.24) is 4.90 Å². The highest BCUT2D eigenvalue weighted by Gasteiger charge is 1.90. The van der Waals surface area contributed by atoms with Crippen molar-refractivity contribution in [2.24, 2.45) is 5.73 Å². The first kappa shape index (κ1) is 14.7. The van der Waals surface area contributed by atoms with E-state index in [0.29, 0.717) is 19.4 Å². The molecule has 0 radical (unpaired) electrons. The molecule has 80 valence electrons. The molecular formula is C8H20N2O3. The maximum Gasteiger partial charge on any atom is 0.404 e. The lowest BCUT2D eigenvalue weighted by Crippen LogP contribution is -2.13. The second kappa shape index (κ2) is 11.2. The zero-order valence-corrected chi connectivity index (χ0v) is 8.62. The minimum Gasteiger partial charge on any atom is -0.450 e. The van der Waals surface area contributed by atoms with Crippen LogP contribution in [0.5, 0.6) is 0 Å². The Hall–Kier alpha value is -0.810. The first-order chi connectivity index (χ1) is 6.00. The highest BCUT2D eigenvalue weighted by atomic mass is 16.5.